The molecular weight excluding hydrogens is 272 g/mol. The van der Waals surface area contributed by atoms with Crippen molar-refractivity contribution in [3.05, 3.63) is 73.3 Å². The number of hydrogen-bond donors (Lipinski definition) is 0. The van der Waals surface area contributed by atoms with Gasteiger partial charge in [0, 0.05) is 0 Å². The predicted octanol–water partition coefficient (Wildman–Crippen LogP) is 3.75. The Morgan fingerprint density at radius 1 is 0.905 bits per heavy atom. The van der Waals surface area contributed by atoms with Crippen LogP contribution < -0.4 is 10.4 Å². The van der Waals surface area contributed by atoms with Crippen LogP contribution in [0.4, 0.5) is 0 Å². The van der Waals surface area contributed by atoms with Gasteiger partial charge in [0.1, 0.15) is 0 Å². The fourth-order valence-electron chi connectivity index (χ4n) is 2.95. The van der Waals surface area contributed by atoms with Gasteiger partial charge < -0.3 is 4.43 Å². The molecule has 0 saturated carbocycles. The molecule has 0 saturated heterocycles. The van der Waals surface area contributed by atoms with Crippen molar-refractivity contribution >= 4 is 18.7 Å². The van der Waals surface area contributed by atoms with Crippen LogP contribution in [-0.2, 0) is 4.43 Å². The zero-order chi connectivity index (χ0) is 15.3. The summed E-state index contributed by atoms with van der Waals surface area (Å²) in [4.78, 5) is 0. The third kappa shape index (κ3) is 3.02. The van der Waals surface area contributed by atoms with Gasteiger partial charge >= 0.3 is 0 Å². The van der Waals surface area contributed by atoms with Crippen LogP contribution in [0.25, 0.3) is 0 Å². The second-order valence-electron chi connectivity index (χ2n) is 6.26. The van der Waals surface area contributed by atoms with Crippen LogP contribution >= 0.6 is 0 Å². The lowest BCUT2D eigenvalue weighted by Gasteiger charge is -2.42. The molecule has 0 amide bonds. The summed E-state index contributed by atoms with van der Waals surface area (Å²) in [7, 11) is -2.34. The van der Waals surface area contributed by atoms with E-state index in [4.69, 9.17) is 4.43 Å². The first-order chi connectivity index (χ1) is 10.0. The van der Waals surface area contributed by atoms with Gasteiger partial charge in [-0.05, 0) is 15.4 Å². The van der Waals surface area contributed by atoms with Crippen LogP contribution in [0, 0.1) is 0 Å². The minimum Gasteiger partial charge on any atom is -0.404 e. The molecule has 2 rings (SSSR count). The van der Waals surface area contributed by atoms with Gasteiger partial charge in [0.15, 0.2) is 0 Å². The lowest BCUT2D eigenvalue weighted by molar-refractivity contribution is 0.339. The molecule has 0 heterocycles. The maximum atomic E-state index is 6.54. The van der Waals surface area contributed by atoms with Crippen LogP contribution in [0.3, 0.4) is 0 Å². The van der Waals surface area contributed by atoms with Crippen molar-refractivity contribution in [3.8, 4) is 0 Å². The second-order valence-corrected chi connectivity index (χ2v) is 10.6. The molecule has 110 valence electrons. The van der Waals surface area contributed by atoms with Gasteiger partial charge in [-0.2, -0.15) is 0 Å². The van der Waals surface area contributed by atoms with Crippen molar-refractivity contribution < 1.29 is 4.43 Å². The summed E-state index contributed by atoms with van der Waals surface area (Å²) >= 11 is 0. The number of benzene rings is 2. The van der Waals surface area contributed by atoms with E-state index in [0.29, 0.717) is 6.61 Å². The minimum atomic E-state index is -2.34. The Morgan fingerprint density at radius 2 is 1.33 bits per heavy atom. The van der Waals surface area contributed by atoms with E-state index in [1.165, 1.54) is 10.4 Å². The molecule has 0 atom stereocenters. The molecule has 0 N–H and O–H groups in total. The van der Waals surface area contributed by atoms with Crippen molar-refractivity contribution in [2.45, 2.75) is 25.8 Å². The average molecular weight is 296 g/mol. The van der Waals surface area contributed by atoms with E-state index in [0.717, 1.165) is 0 Å². The van der Waals surface area contributed by atoms with E-state index in [1.54, 1.807) is 0 Å². The quantitative estimate of drug-likeness (QED) is 0.603. The van der Waals surface area contributed by atoms with Crippen LogP contribution in [0.1, 0.15) is 20.8 Å². The fourth-order valence-corrected chi connectivity index (χ4v) is 7.47. The second kappa shape index (κ2) is 6.42. The molecule has 2 heteroatoms. The van der Waals surface area contributed by atoms with Crippen LogP contribution in [-0.4, -0.2) is 14.9 Å². The van der Waals surface area contributed by atoms with Gasteiger partial charge in [-0.1, -0.05) is 87.5 Å². The molecular formula is C19H24OSi. The lowest BCUT2D eigenvalue weighted by Crippen LogP contribution is -2.66. The normalized spacial score (nSPS) is 12.1. The number of rotatable bonds is 5. The van der Waals surface area contributed by atoms with Gasteiger partial charge in [-0.3, -0.25) is 0 Å². The summed E-state index contributed by atoms with van der Waals surface area (Å²) in [5, 5.41) is 2.66. The molecule has 0 radical (unpaired) electrons. The van der Waals surface area contributed by atoms with Crippen molar-refractivity contribution in [1.82, 2.24) is 0 Å². The smallest absolute Gasteiger partial charge is 0.261 e. The molecule has 0 aliphatic rings. The highest BCUT2D eigenvalue weighted by Gasteiger charge is 2.49. The van der Waals surface area contributed by atoms with E-state index in [-0.39, 0.29) is 5.04 Å². The molecule has 0 unspecified atom stereocenters. The molecule has 1 nitrogen and oxygen atoms in total. The summed E-state index contributed by atoms with van der Waals surface area (Å²) in [5.74, 6) is 0. The van der Waals surface area contributed by atoms with Gasteiger partial charge in [0.2, 0.25) is 0 Å². The third-order valence-electron chi connectivity index (χ3n) is 3.83. The topological polar surface area (TPSA) is 9.23 Å². The molecule has 0 fully saturated rings. The lowest BCUT2D eigenvalue weighted by atomic mass is 10.2. The molecule has 21 heavy (non-hydrogen) atoms. The highest BCUT2D eigenvalue weighted by atomic mass is 28.4. The zero-order valence-corrected chi connectivity index (χ0v) is 14.2. The van der Waals surface area contributed by atoms with E-state index < -0.39 is 8.32 Å². The summed E-state index contributed by atoms with van der Waals surface area (Å²) in [6.45, 7) is 11.2. The van der Waals surface area contributed by atoms with E-state index in [1.807, 2.05) is 6.08 Å². The highest BCUT2D eigenvalue weighted by molar-refractivity contribution is 6.99. The van der Waals surface area contributed by atoms with Crippen LogP contribution in [0.5, 0.6) is 0 Å². The van der Waals surface area contributed by atoms with Gasteiger partial charge in [0.05, 0.1) is 6.61 Å². The first kappa shape index (κ1) is 15.7. The van der Waals surface area contributed by atoms with Crippen molar-refractivity contribution in [2.75, 3.05) is 6.61 Å². The van der Waals surface area contributed by atoms with Crippen molar-refractivity contribution in [2.24, 2.45) is 0 Å². The van der Waals surface area contributed by atoms with Gasteiger partial charge in [0.25, 0.3) is 8.32 Å². The first-order valence-corrected chi connectivity index (χ1v) is 9.29. The fraction of sp³-hybridized carbons (Fsp3) is 0.263. The molecule has 0 spiro atoms. The molecule has 2 aromatic rings. The van der Waals surface area contributed by atoms with E-state index >= 15 is 0 Å². The Kier molecular flexibility index (Phi) is 4.81. The molecule has 2 aromatic carbocycles. The van der Waals surface area contributed by atoms with Gasteiger partial charge in [-0.25, -0.2) is 0 Å². The third-order valence-corrected chi connectivity index (χ3v) is 8.84. The Morgan fingerprint density at radius 3 is 1.67 bits per heavy atom. The first-order valence-electron chi connectivity index (χ1n) is 7.38. The molecule has 0 aromatic heterocycles. The van der Waals surface area contributed by atoms with Gasteiger partial charge in [-0.15, -0.1) is 6.58 Å². The summed E-state index contributed by atoms with van der Waals surface area (Å²) < 4.78 is 6.54. The maximum absolute atomic E-state index is 6.54. The highest BCUT2D eigenvalue weighted by Crippen LogP contribution is 2.36. The maximum Gasteiger partial charge on any atom is 0.261 e. The molecule has 0 aliphatic carbocycles. The average Bonchev–Trinajstić information content (AvgIpc) is 2.49. The van der Waals surface area contributed by atoms with Crippen LogP contribution in [0.2, 0.25) is 5.04 Å². The van der Waals surface area contributed by atoms with E-state index in [9.17, 15) is 0 Å². The monoisotopic (exact) mass is 296 g/mol. The summed E-state index contributed by atoms with van der Waals surface area (Å²) in [6, 6.07) is 21.3. The number of hydrogen-bond acceptors (Lipinski definition) is 1. The largest absolute Gasteiger partial charge is 0.404 e. The minimum absolute atomic E-state index is 0.0404. The Balaban J connectivity index is 2.69. The predicted molar refractivity (Wildman–Crippen MR) is 93.8 cm³/mol. The summed E-state index contributed by atoms with van der Waals surface area (Å²) in [6.07, 6.45) is 1.85. The molecule has 0 bridgehead atoms. The van der Waals surface area contributed by atoms with Crippen LogP contribution in [0.15, 0.2) is 73.3 Å². The Bertz CT molecular complexity index is 530. The Labute approximate surface area is 129 Å². The molecule has 0 aliphatic heterocycles. The van der Waals surface area contributed by atoms with E-state index in [2.05, 4.69) is 88.0 Å². The zero-order valence-electron chi connectivity index (χ0n) is 13.2. The SMILES string of the molecule is C=CCO[Si](c1ccccc1)(c1ccccc1)C(C)(C)C. The van der Waals surface area contributed by atoms with Crippen molar-refractivity contribution in [1.29, 1.82) is 0 Å². The standard InChI is InChI=1S/C19H24OSi/c1-5-16-20-21(19(2,3)4,17-12-8-6-9-13-17)18-14-10-7-11-15-18/h5-15H,1,16H2,2-4H3. The Hall–Kier alpha value is -1.64. The van der Waals surface area contributed by atoms with Crippen molar-refractivity contribution in [3.63, 3.8) is 0 Å². The summed E-state index contributed by atoms with van der Waals surface area (Å²) in [5.41, 5.74) is 0.